The third-order valence-corrected chi connectivity index (χ3v) is 2.27. The van der Waals surface area contributed by atoms with E-state index in [1.807, 2.05) is 13.8 Å². The van der Waals surface area contributed by atoms with Crippen LogP contribution in [0.1, 0.15) is 24.2 Å². The second kappa shape index (κ2) is 6.74. The monoisotopic (exact) mass is 254 g/mol. The quantitative estimate of drug-likeness (QED) is 0.729. The van der Waals surface area contributed by atoms with Crippen LogP contribution in [0.25, 0.3) is 0 Å². The van der Waals surface area contributed by atoms with Crippen LogP contribution >= 0.6 is 0 Å². The summed E-state index contributed by atoms with van der Waals surface area (Å²) in [6, 6.07) is 3.19. The summed E-state index contributed by atoms with van der Waals surface area (Å²) in [7, 11) is 2.86. The molecule has 0 unspecified atom stereocenters. The van der Waals surface area contributed by atoms with E-state index in [1.54, 1.807) is 12.1 Å². The summed E-state index contributed by atoms with van der Waals surface area (Å²) < 4.78 is 20.7. The molecule has 1 aromatic rings. The molecule has 5 heteroatoms. The van der Waals surface area contributed by atoms with Gasteiger partial charge in [0, 0.05) is 12.1 Å². The minimum Gasteiger partial charge on any atom is -0.493 e. The van der Waals surface area contributed by atoms with E-state index >= 15 is 0 Å². The van der Waals surface area contributed by atoms with Crippen LogP contribution in [0.3, 0.4) is 0 Å². The standard InChI is InChI=1S/C13H18O5/c1-5-17-10-8-11(15-3)12(18-6-2)7-9(10)13(14)16-4/h7-8H,5-6H2,1-4H3. The highest BCUT2D eigenvalue weighted by atomic mass is 16.5. The Morgan fingerprint density at radius 1 is 1.00 bits per heavy atom. The van der Waals surface area contributed by atoms with Crippen LogP contribution in [0.4, 0.5) is 0 Å². The van der Waals surface area contributed by atoms with Gasteiger partial charge in [-0.15, -0.1) is 0 Å². The molecule has 0 saturated heterocycles. The average Bonchev–Trinajstić information content (AvgIpc) is 2.39. The first-order valence-corrected chi connectivity index (χ1v) is 5.73. The van der Waals surface area contributed by atoms with E-state index in [0.717, 1.165) is 0 Å². The molecule has 0 N–H and O–H groups in total. The van der Waals surface area contributed by atoms with E-state index in [1.165, 1.54) is 14.2 Å². The van der Waals surface area contributed by atoms with Crippen LogP contribution in [-0.2, 0) is 4.74 Å². The van der Waals surface area contributed by atoms with Gasteiger partial charge in [-0.3, -0.25) is 0 Å². The Kier molecular flexibility index (Phi) is 5.30. The Balaban J connectivity index is 3.27. The summed E-state index contributed by atoms with van der Waals surface area (Å²) in [5.41, 5.74) is 0.323. The number of rotatable bonds is 6. The Hall–Kier alpha value is -1.91. The van der Waals surface area contributed by atoms with Crippen molar-refractivity contribution >= 4 is 5.97 Å². The lowest BCUT2D eigenvalue weighted by molar-refractivity contribution is 0.0595. The molecule has 0 heterocycles. The molecule has 0 bridgehead atoms. The summed E-state index contributed by atoms with van der Waals surface area (Å²) in [6.45, 7) is 4.61. The summed E-state index contributed by atoms with van der Waals surface area (Å²) in [4.78, 5) is 11.7. The minimum atomic E-state index is -0.470. The third kappa shape index (κ3) is 3.06. The van der Waals surface area contributed by atoms with Crippen molar-refractivity contribution in [3.8, 4) is 17.2 Å². The SMILES string of the molecule is CCOc1cc(C(=O)OC)c(OCC)cc1OC. The van der Waals surface area contributed by atoms with E-state index in [-0.39, 0.29) is 0 Å². The van der Waals surface area contributed by atoms with Gasteiger partial charge in [-0.05, 0) is 13.8 Å². The molecule has 0 aromatic heterocycles. The molecule has 0 aliphatic heterocycles. The fourth-order valence-corrected chi connectivity index (χ4v) is 1.51. The second-order valence-electron chi connectivity index (χ2n) is 3.36. The van der Waals surface area contributed by atoms with Crippen LogP contribution in [0.15, 0.2) is 12.1 Å². The average molecular weight is 254 g/mol. The van der Waals surface area contributed by atoms with Gasteiger partial charge in [0.1, 0.15) is 11.3 Å². The zero-order valence-electron chi connectivity index (χ0n) is 11.1. The molecule has 0 radical (unpaired) electrons. The molecule has 0 saturated carbocycles. The maximum absolute atomic E-state index is 11.7. The highest BCUT2D eigenvalue weighted by Crippen LogP contribution is 2.35. The van der Waals surface area contributed by atoms with Crippen molar-refractivity contribution in [2.45, 2.75) is 13.8 Å². The van der Waals surface area contributed by atoms with Gasteiger partial charge in [0.25, 0.3) is 0 Å². The van der Waals surface area contributed by atoms with Gasteiger partial charge < -0.3 is 18.9 Å². The molecule has 18 heavy (non-hydrogen) atoms. The van der Waals surface area contributed by atoms with Crippen molar-refractivity contribution in [2.75, 3.05) is 27.4 Å². The van der Waals surface area contributed by atoms with Gasteiger partial charge in [0.2, 0.25) is 0 Å². The van der Waals surface area contributed by atoms with Crippen LogP contribution < -0.4 is 14.2 Å². The molecule has 0 atom stereocenters. The minimum absolute atomic E-state index is 0.323. The summed E-state index contributed by atoms with van der Waals surface area (Å²) in [5.74, 6) is 0.962. The van der Waals surface area contributed by atoms with Crippen molar-refractivity contribution in [2.24, 2.45) is 0 Å². The van der Waals surface area contributed by atoms with Crippen LogP contribution in [0.5, 0.6) is 17.2 Å². The van der Waals surface area contributed by atoms with Crippen molar-refractivity contribution < 1.29 is 23.7 Å². The number of hydrogen-bond acceptors (Lipinski definition) is 5. The Morgan fingerprint density at radius 3 is 2.11 bits per heavy atom. The van der Waals surface area contributed by atoms with Gasteiger partial charge in [-0.25, -0.2) is 4.79 Å². The lowest BCUT2D eigenvalue weighted by Crippen LogP contribution is -2.07. The van der Waals surface area contributed by atoms with Gasteiger partial charge in [-0.2, -0.15) is 0 Å². The van der Waals surface area contributed by atoms with Gasteiger partial charge in [0.15, 0.2) is 11.5 Å². The number of esters is 1. The summed E-state index contributed by atoms with van der Waals surface area (Å²) >= 11 is 0. The first-order chi connectivity index (χ1) is 8.67. The highest BCUT2D eigenvalue weighted by molar-refractivity contribution is 5.93. The number of carbonyl (C=O) groups is 1. The fourth-order valence-electron chi connectivity index (χ4n) is 1.51. The molecule has 100 valence electrons. The molecule has 1 rings (SSSR count). The van der Waals surface area contributed by atoms with Crippen molar-refractivity contribution in [3.63, 3.8) is 0 Å². The number of carbonyl (C=O) groups excluding carboxylic acids is 1. The predicted molar refractivity (Wildman–Crippen MR) is 66.7 cm³/mol. The second-order valence-corrected chi connectivity index (χ2v) is 3.36. The van der Waals surface area contributed by atoms with Crippen molar-refractivity contribution in [1.82, 2.24) is 0 Å². The first kappa shape index (κ1) is 14.2. The smallest absolute Gasteiger partial charge is 0.341 e. The van der Waals surface area contributed by atoms with Gasteiger partial charge in [0.05, 0.1) is 27.4 Å². The summed E-state index contributed by atoms with van der Waals surface area (Å²) in [6.07, 6.45) is 0. The Morgan fingerprint density at radius 2 is 1.61 bits per heavy atom. The maximum atomic E-state index is 11.7. The molecule has 0 spiro atoms. The van der Waals surface area contributed by atoms with Gasteiger partial charge in [-0.1, -0.05) is 0 Å². The van der Waals surface area contributed by atoms with Crippen molar-refractivity contribution in [3.05, 3.63) is 17.7 Å². The lowest BCUT2D eigenvalue weighted by Gasteiger charge is -2.14. The Bertz CT molecular complexity index is 414. The van der Waals surface area contributed by atoms with Gasteiger partial charge >= 0.3 is 5.97 Å². The number of methoxy groups -OCH3 is 2. The first-order valence-electron chi connectivity index (χ1n) is 5.73. The fraction of sp³-hybridized carbons (Fsp3) is 0.462. The van der Waals surface area contributed by atoms with E-state index in [0.29, 0.717) is 36.0 Å². The Labute approximate surface area is 107 Å². The molecule has 0 aliphatic rings. The number of hydrogen-bond donors (Lipinski definition) is 0. The normalized spacial score (nSPS) is 9.78. The highest BCUT2D eigenvalue weighted by Gasteiger charge is 2.18. The summed E-state index contributed by atoms with van der Waals surface area (Å²) in [5, 5.41) is 0. The van der Waals surface area contributed by atoms with E-state index in [2.05, 4.69) is 0 Å². The topological polar surface area (TPSA) is 54.0 Å². The third-order valence-electron chi connectivity index (χ3n) is 2.27. The van der Waals surface area contributed by atoms with Crippen LogP contribution in [0.2, 0.25) is 0 Å². The number of benzene rings is 1. The van der Waals surface area contributed by atoms with E-state index < -0.39 is 5.97 Å². The molecular formula is C13H18O5. The molecule has 0 amide bonds. The van der Waals surface area contributed by atoms with E-state index in [9.17, 15) is 4.79 Å². The zero-order valence-corrected chi connectivity index (χ0v) is 11.1. The number of ether oxygens (including phenoxy) is 4. The predicted octanol–water partition coefficient (Wildman–Crippen LogP) is 2.28. The molecule has 5 nitrogen and oxygen atoms in total. The van der Waals surface area contributed by atoms with Crippen LogP contribution in [-0.4, -0.2) is 33.4 Å². The largest absolute Gasteiger partial charge is 0.493 e. The molecule has 0 aliphatic carbocycles. The zero-order chi connectivity index (χ0) is 13.5. The molecular weight excluding hydrogens is 236 g/mol. The van der Waals surface area contributed by atoms with E-state index in [4.69, 9.17) is 18.9 Å². The molecule has 0 fully saturated rings. The molecule has 1 aromatic carbocycles. The lowest BCUT2D eigenvalue weighted by atomic mass is 10.1. The van der Waals surface area contributed by atoms with Crippen LogP contribution in [0, 0.1) is 0 Å². The maximum Gasteiger partial charge on any atom is 0.341 e. The van der Waals surface area contributed by atoms with Crippen molar-refractivity contribution in [1.29, 1.82) is 0 Å².